The van der Waals surface area contributed by atoms with Gasteiger partial charge in [-0.1, -0.05) is 19.4 Å². The zero-order chi connectivity index (χ0) is 10.7. The largest absolute Gasteiger partial charge is 0.464 e. The predicted octanol–water partition coefficient (Wildman–Crippen LogP) is 3.14. The first kappa shape index (κ1) is 10.2. The molecule has 80 valence electrons. The molecule has 1 aromatic heterocycles. The lowest BCUT2D eigenvalue weighted by Gasteiger charge is -2.08. The van der Waals surface area contributed by atoms with Gasteiger partial charge in [0.15, 0.2) is 0 Å². The number of aliphatic hydroxyl groups excluding tert-OH is 1. The molecule has 0 saturated carbocycles. The van der Waals surface area contributed by atoms with Crippen molar-refractivity contribution < 1.29 is 9.52 Å². The summed E-state index contributed by atoms with van der Waals surface area (Å²) in [5.41, 5.74) is 2.08. The molecule has 0 unspecified atom stereocenters. The molecule has 15 heavy (non-hydrogen) atoms. The van der Waals surface area contributed by atoms with Crippen LogP contribution in [-0.2, 0) is 6.42 Å². The quantitative estimate of drug-likeness (QED) is 0.830. The molecule has 0 spiro atoms. The average molecular weight is 204 g/mol. The molecule has 2 heteroatoms. The van der Waals surface area contributed by atoms with Crippen LogP contribution in [0.15, 0.2) is 34.9 Å². The van der Waals surface area contributed by atoms with Crippen LogP contribution in [0.5, 0.6) is 0 Å². The summed E-state index contributed by atoms with van der Waals surface area (Å²) in [6.07, 6.45) is 4.09. The van der Waals surface area contributed by atoms with E-state index in [0.29, 0.717) is 0 Å². The second-order valence-electron chi connectivity index (χ2n) is 3.94. The van der Waals surface area contributed by atoms with Crippen molar-refractivity contribution in [2.75, 3.05) is 0 Å². The molecule has 1 heterocycles. The van der Waals surface area contributed by atoms with Crippen molar-refractivity contribution in [3.05, 3.63) is 36.1 Å². The highest BCUT2D eigenvalue weighted by molar-refractivity contribution is 5.77. The van der Waals surface area contributed by atoms with Crippen molar-refractivity contribution in [2.45, 2.75) is 32.3 Å². The monoisotopic (exact) mass is 204 g/mol. The summed E-state index contributed by atoms with van der Waals surface area (Å²) in [5, 5.41) is 10.8. The van der Waals surface area contributed by atoms with Crippen molar-refractivity contribution >= 4 is 11.0 Å². The number of fused-ring (bicyclic) bond motifs is 1. The summed E-state index contributed by atoms with van der Waals surface area (Å²) in [6, 6.07) is 8.01. The van der Waals surface area contributed by atoms with Crippen LogP contribution < -0.4 is 0 Å². The summed E-state index contributed by atoms with van der Waals surface area (Å²) in [6.45, 7) is 2.09. The Bertz CT molecular complexity index is 431. The molecule has 1 atom stereocenters. The number of furan rings is 1. The lowest BCUT2D eigenvalue weighted by atomic mass is 10.0. The zero-order valence-corrected chi connectivity index (χ0v) is 8.94. The minimum absolute atomic E-state index is 0.223. The summed E-state index contributed by atoms with van der Waals surface area (Å²) < 4.78 is 5.26. The average Bonchev–Trinajstić information content (AvgIpc) is 2.65. The highest BCUT2D eigenvalue weighted by Crippen LogP contribution is 2.18. The number of benzene rings is 1. The Labute approximate surface area is 89.5 Å². The summed E-state index contributed by atoms with van der Waals surface area (Å²) in [7, 11) is 0. The fraction of sp³-hybridized carbons (Fsp3) is 0.385. The Balaban J connectivity index is 2.14. The molecule has 2 aromatic rings. The van der Waals surface area contributed by atoms with Crippen molar-refractivity contribution in [3.63, 3.8) is 0 Å². The van der Waals surface area contributed by atoms with Crippen molar-refractivity contribution in [1.82, 2.24) is 0 Å². The smallest absolute Gasteiger partial charge is 0.133 e. The van der Waals surface area contributed by atoms with Crippen molar-refractivity contribution in [2.24, 2.45) is 0 Å². The van der Waals surface area contributed by atoms with E-state index < -0.39 is 0 Å². The SMILES string of the molecule is CCC[C@H](O)Cc1ccc2occc2c1. The van der Waals surface area contributed by atoms with Crippen LogP contribution >= 0.6 is 0 Å². The first-order valence-corrected chi connectivity index (χ1v) is 5.44. The number of hydrogen-bond acceptors (Lipinski definition) is 2. The number of aliphatic hydroxyl groups is 1. The molecule has 0 aliphatic carbocycles. The van der Waals surface area contributed by atoms with Gasteiger partial charge in [0, 0.05) is 5.39 Å². The van der Waals surface area contributed by atoms with Crippen LogP contribution in [0.3, 0.4) is 0 Å². The van der Waals surface area contributed by atoms with E-state index in [1.807, 2.05) is 18.2 Å². The van der Waals surface area contributed by atoms with Crippen LogP contribution in [-0.4, -0.2) is 11.2 Å². The van der Waals surface area contributed by atoms with Crippen molar-refractivity contribution in [3.8, 4) is 0 Å². The Morgan fingerprint density at radius 2 is 2.20 bits per heavy atom. The molecule has 2 nitrogen and oxygen atoms in total. The number of rotatable bonds is 4. The second kappa shape index (κ2) is 4.49. The fourth-order valence-electron chi connectivity index (χ4n) is 1.85. The van der Waals surface area contributed by atoms with Gasteiger partial charge in [-0.25, -0.2) is 0 Å². The Hall–Kier alpha value is -1.28. The van der Waals surface area contributed by atoms with Crippen LogP contribution in [0.4, 0.5) is 0 Å². The molecule has 1 N–H and O–H groups in total. The van der Waals surface area contributed by atoms with Gasteiger partial charge in [-0.3, -0.25) is 0 Å². The van der Waals surface area contributed by atoms with Gasteiger partial charge in [0.1, 0.15) is 5.58 Å². The Morgan fingerprint density at radius 1 is 1.33 bits per heavy atom. The van der Waals surface area contributed by atoms with Crippen LogP contribution in [0, 0.1) is 0 Å². The van der Waals surface area contributed by atoms with Gasteiger partial charge >= 0.3 is 0 Å². The van der Waals surface area contributed by atoms with E-state index in [1.54, 1.807) is 6.26 Å². The third-order valence-corrected chi connectivity index (χ3v) is 2.61. The van der Waals surface area contributed by atoms with Crippen LogP contribution in [0.25, 0.3) is 11.0 Å². The molecular weight excluding hydrogens is 188 g/mol. The highest BCUT2D eigenvalue weighted by atomic mass is 16.3. The predicted molar refractivity (Wildman–Crippen MR) is 60.8 cm³/mol. The summed E-state index contributed by atoms with van der Waals surface area (Å²) in [4.78, 5) is 0. The zero-order valence-electron chi connectivity index (χ0n) is 8.94. The normalized spacial score (nSPS) is 13.2. The molecule has 0 aliphatic heterocycles. The molecule has 0 bridgehead atoms. The van der Waals surface area contributed by atoms with E-state index in [2.05, 4.69) is 13.0 Å². The van der Waals surface area contributed by atoms with Crippen molar-refractivity contribution in [1.29, 1.82) is 0 Å². The Kier molecular flexibility index (Phi) is 3.07. The van der Waals surface area contributed by atoms with Gasteiger partial charge < -0.3 is 9.52 Å². The molecule has 1 aromatic carbocycles. The van der Waals surface area contributed by atoms with E-state index in [0.717, 1.165) is 30.2 Å². The van der Waals surface area contributed by atoms with Gasteiger partial charge in [-0.2, -0.15) is 0 Å². The maximum Gasteiger partial charge on any atom is 0.133 e. The maximum atomic E-state index is 9.70. The third-order valence-electron chi connectivity index (χ3n) is 2.61. The lowest BCUT2D eigenvalue weighted by molar-refractivity contribution is 0.164. The molecule has 0 amide bonds. The van der Waals surface area contributed by atoms with E-state index in [-0.39, 0.29) is 6.10 Å². The van der Waals surface area contributed by atoms with Gasteiger partial charge in [-0.15, -0.1) is 0 Å². The first-order valence-electron chi connectivity index (χ1n) is 5.44. The first-order chi connectivity index (χ1) is 7.29. The maximum absolute atomic E-state index is 9.70. The molecule has 0 fully saturated rings. The molecule has 0 radical (unpaired) electrons. The van der Waals surface area contributed by atoms with E-state index in [9.17, 15) is 5.11 Å². The third kappa shape index (κ3) is 2.39. The highest BCUT2D eigenvalue weighted by Gasteiger charge is 2.05. The molecular formula is C13H16O2. The summed E-state index contributed by atoms with van der Waals surface area (Å²) >= 11 is 0. The summed E-state index contributed by atoms with van der Waals surface area (Å²) in [5.74, 6) is 0. The van der Waals surface area contributed by atoms with Crippen LogP contribution in [0.2, 0.25) is 0 Å². The van der Waals surface area contributed by atoms with Gasteiger partial charge in [0.2, 0.25) is 0 Å². The van der Waals surface area contributed by atoms with Gasteiger partial charge in [0.25, 0.3) is 0 Å². The van der Waals surface area contributed by atoms with E-state index >= 15 is 0 Å². The van der Waals surface area contributed by atoms with Crippen LogP contribution in [0.1, 0.15) is 25.3 Å². The topological polar surface area (TPSA) is 33.4 Å². The Morgan fingerprint density at radius 3 is 3.00 bits per heavy atom. The van der Waals surface area contributed by atoms with E-state index in [1.165, 1.54) is 5.56 Å². The lowest BCUT2D eigenvalue weighted by Crippen LogP contribution is -2.09. The molecule has 2 rings (SSSR count). The fourth-order valence-corrected chi connectivity index (χ4v) is 1.85. The standard InChI is InChI=1S/C13H16O2/c1-2-3-12(14)9-10-4-5-13-11(8-10)6-7-15-13/h4-8,12,14H,2-3,9H2,1H3/t12-/m0/s1. The molecule has 0 saturated heterocycles. The second-order valence-corrected chi connectivity index (χ2v) is 3.94. The minimum atomic E-state index is -0.223. The van der Waals surface area contributed by atoms with E-state index in [4.69, 9.17) is 4.42 Å². The number of hydrogen-bond donors (Lipinski definition) is 1. The van der Waals surface area contributed by atoms with Gasteiger partial charge in [0.05, 0.1) is 12.4 Å². The molecule has 0 aliphatic rings. The minimum Gasteiger partial charge on any atom is -0.464 e. The van der Waals surface area contributed by atoms with Gasteiger partial charge in [-0.05, 0) is 36.6 Å².